The predicted octanol–water partition coefficient (Wildman–Crippen LogP) is 2.60. The molecular formula is C15H20ClN5. The molecule has 5 nitrogen and oxygen atoms in total. The second-order valence-electron chi connectivity index (χ2n) is 4.99. The van der Waals surface area contributed by atoms with Crippen molar-refractivity contribution in [1.29, 1.82) is 0 Å². The van der Waals surface area contributed by atoms with Gasteiger partial charge in [-0.25, -0.2) is 4.68 Å². The lowest BCUT2D eigenvalue weighted by molar-refractivity contribution is 0.699. The van der Waals surface area contributed by atoms with E-state index >= 15 is 0 Å². The Bertz CT molecular complexity index is 601. The molecule has 0 radical (unpaired) electrons. The molecule has 0 aliphatic rings. The maximum atomic E-state index is 5.89. The number of aliphatic imine (C=N–C) groups is 1. The molecule has 2 aromatic rings. The van der Waals surface area contributed by atoms with Crippen molar-refractivity contribution in [3.63, 3.8) is 0 Å². The molecule has 0 fully saturated rings. The Balaban J connectivity index is 1.98. The summed E-state index contributed by atoms with van der Waals surface area (Å²) in [5.41, 5.74) is 2.06. The van der Waals surface area contributed by atoms with Crippen molar-refractivity contribution in [2.45, 2.75) is 26.4 Å². The van der Waals surface area contributed by atoms with Gasteiger partial charge in [0.05, 0.1) is 11.9 Å². The Hall–Kier alpha value is -2.01. The lowest BCUT2D eigenvalue weighted by atomic mass is 10.3. The van der Waals surface area contributed by atoms with Gasteiger partial charge in [0.15, 0.2) is 5.96 Å². The summed E-state index contributed by atoms with van der Waals surface area (Å²) in [6.07, 6.45) is 3.82. The third kappa shape index (κ3) is 4.49. The molecule has 0 atom stereocenters. The van der Waals surface area contributed by atoms with Crippen LogP contribution in [0.2, 0.25) is 5.02 Å². The predicted molar refractivity (Wildman–Crippen MR) is 87.0 cm³/mol. The van der Waals surface area contributed by atoms with Crippen LogP contribution in [0.4, 0.5) is 0 Å². The van der Waals surface area contributed by atoms with Crippen LogP contribution >= 0.6 is 11.6 Å². The van der Waals surface area contributed by atoms with Gasteiger partial charge in [-0.1, -0.05) is 11.6 Å². The van der Waals surface area contributed by atoms with Gasteiger partial charge in [-0.2, -0.15) is 5.10 Å². The van der Waals surface area contributed by atoms with Crippen molar-refractivity contribution >= 4 is 17.6 Å². The Morgan fingerprint density at radius 1 is 1.33 bits per heavy atom. The van der Waals surface area contributed by atoms with E-state index in [1.165, 1.54) is 0 Å². The Kier molecular flexibility index (Phi) is 5.22. The van der Waals surface area contributed by atoms with Gasteiger partial charge in [0.1, 0.15) is 0 Å². The molecule has 0 unspecified atom stereocenters. The molecule has 1 aromatic heterocycles. The van der Waals surface area contributed by atoms with E-state index in [9.17, 15) is 0 Å². The molecule has 1 heterocycles. The maximum Gasteiger partial charge on any atom is 0.191 e. The number of nitrogens with one attached hydrogen (secondary N) is 2. The van der Waals surface area contributed by atoms with Crippen LogP contribution in [0, 0.1) is 0 Å². The molecule has 2 N–H and O–H groups in total. The number of hydrogen-bond acceptors (Lipinski definition) is 2. The van der Waals surface area contributed by atoms with Crippen LogP contribution in [0.5, 0.6) is 0 Å². The van der Waals surface area contributed by atoms with Crippen LogP contribution < -0.4 is 10.6 Å². The van der Waals surface area contributed by atoms with E-state index in [-0.39, 0.29) is 0 Å². The van der Waals surface area contributed by atoms with Crippen LogP contribution in [0.1, 0.15) is 19.4 Å². The number of aromatic nitrogens is 2. The van der Waals surface area contributed by atoms with Crippen LogP contribution in [0.3, 0.4) is 0 Å². The van der Waals surface area contributed by atoms with Gasteiger partial charge in [0.2, 0.25) is 0 Å². The zero-order valence-electron chi connectivity index (χ0n) is 12.5. The summed E-state index contributed by atoms with van der Waals surface area (Å²) >= 11 is 5.89. The first-order valence-corrected chi connectivity index (χ1v) is 7.23. The summed E-state index contributed by atoms with van der Waals surface area (Å²) in [5.74, 6) is 0.782. The largest absolute Gasteiger partial charge is 0.354 e. The van der Waals surface area contributed by atoms with E-state index in [4.69, 9.17) is 11.6 Å². The van der Waals surface area contributed by atoms with Crippen molar-refractivity contribution in [3.05, 3.63) is 47.2 Å². The summed E-state index contributed by atoms with van der Waals surface area (Å²) in [7, 11) is 1.76. The number of halogens is 1. The fourth-order valence-electron chi connectivity index (χ4n) is 1.84. The SMILES string of the molecule is CN=C(NCc1cnn(-c2ccc(Cl)cc2)c1)NC(C)C. The molecular weight excluding hydrogens is 286 g/mol. The lowest BCUT2D eigenvalue weighted by Crippen LogP contribution is -2.40. The van der Waals surface area contributed by atoms with E-state index in [2.05, 4.69) is 34.6 Å². The second kappa shape index (κ2) is 7.13. The first-order valence-electron chi connectivity index (χ1n) is 6.85. The molecule has 0 saturated carbocycles. The minimum absolute atomic E-state index is 0.341. The average molecular weight is 306 g/mol. The summed E-state index contributed by atoms with van der Waals surface area (Å²) in [6.45, 7) is 4.82. The van der Waals surface area contributed by atoms with Gasteiger partial charge in [-0.15, -0.1) is 0 Å². The molecule has 21 heavy (non-hydrogen) atoms. The van der Waals surface area contributed by atoms with Crippen LogP contribution in [0.25, 0.3) is 5.69 Å². The van der Waals surface area contributed by atoms with Crippen molar-refractivity contribution < 1.29 is 0 Å². The molecule has 0 amide bonds. The molecule has 1 aromatic carbocycles. The Morgan fingerprint density at radius 3 is 2.67 bits per heavy atom. The highest BCUT2D eigenvalue weighted by Crippen LogP contribution is 2.13. The third-order valence-electron chi connectivity index (χ3n) is 2.84. The minimum atomic E-state index is 0.341. The lowest BCUT2D eigenvalue weighted by Gasteiger charge is -2.13. The van der Waals surface area contributed by atoms with Gasteiger partial charge in [-0.3, -0.25) is 4.99 Å². The topological polar surface area (TPSA) is 54.2 Å². The van der Waals surface area contributed by atoms with Crippen molar-refractivity contribution in [2.24, 2.45) is 4.99 Å². The Labute approximate surface area is 130 Å². The van der Waals surface area contributed by atoms with Gasteiger partial charge in [0, 0.05) is 36.4 Å². The number of rotatable bonds is 4. The summed E-state index contributed by atoms with van der Waals surface area (Å²) in [5, 5.41) is 11.6. The van der Waals surface area contributed by atoms with Crippen LogP contribution in [-0.2, 0) is 6.54 Å². The highest BCUT2D eigenvalue weighted by Gasteiger charge is 2.03. The molecule has 0 aliphatic heterocycles. The van der Waals surface area contributed by atoms with E-state index in [0.29, 0.717) is 12.6 Å². The molecule has 6 heteroatoms. The summed E-state index contributed by atoms with van der Waals surface area (Å²) in [4.78, 5) is 4.17. The summed E-state index contributed by atoms with van der Waals surface area (Å²) in [6, 6.07) is 7.92. The van der Waals surface area contributed by atoms with E-state index in [0.717, 1.165) is 22.2 Å². The minimum Gasteiger partial charge on any atom is -0.354 e. The first kappa shape index (κ1) is 15.4. The molecule has 0 spiro atoms. The van der Waals surface area contributed by atoms with Gasteiger partial charge in [0.25, 0.3) is 0 Å². The number of benzene rings is 1. The van der Waals surface area contributed by atoms with Gasteiger partial charge >= 0.3 is 0 Å². The van der Waals surface area contributed by atoms with Crippen LogP contribution in [-0.4, -0.2) is 28.8 Å². The van der Waals surface area contributed by atoms with Gasteiger partial charge < -0.3 is 10.6 Å². The van der Waals surface area contributed by atoms with Crippen molar-refractivity contribution in [1.82, 2.24) is 20.4 Å². The van der Waals surface area contributed by atoms with E-state index in [1.54, 1.807) is 7.05 Å². The summed E-state index contributed by atoms with van der Waals surface area (Å²) < 4.78 is 1.83. The highest BCUT2D eigenvalue weighted by molar-refractivity contribution is 6.30. The van der Waals surface area contributed by atoms with E-state index in [1.807, 2.05) is 41.3 Å². The first-order chi connectivity index (χ1) is 10.1. The zero-order chi connectivity index (χ0) is 15.2. The second-order valence-corrected chi connectivity index (χ2v) is 5.43. The molecule has 0 aliphatic carbocycles. The molecule has 0 saturated heterocycles. The normalized spacial score (nSPS) is 11.8. The fourth-order valence-corrected chi connectivity index (χ4v) is 1.97. The third-order valence-corrected chi connectivity index (χ3v) is 3.09. The van der Waals surface area contributed by atoms with Crippen molar-refractivity contribution in [2.75, 3.05) is 7.05 Å². The maximum absolute atomic E-state index is 5.89. The molecule has 112 valence electrons. The van der Waals surface area contributed by atoms with Crippen LogP contribution in [0.15, 0.2) is 41.7 Å². The van der Waals surface area contributed by atoms with Gasteiger partial charge in [-0.05, 0) is 38.1 Å². The number of nitrogens with zero attached hydrogens (tertiary/aromatic N) is 3. The standard InChI is InChI=1S/C15H20ClN5/c1-11(2)20-15(17-3)18-8-12-9-19-21(10-12)14-6-4-13(16)5-7-14/h4-7,9-11H,8H2,1-3H3,(H2,17,18,20). The highest BCUT2D eigenvalue weighted by atomic mass is 35.5. The average Bonchev–Trinajstić information content (AvgIpc) is 2.92. The molecule has 0 bridgehead atoms. The Morgan fingerprint density at radius 2 is 2.05 bits per heavy atom. The molecule has 2 rings (SSSR count). The zero-order valence-corrected chi connectivity index (χ0v) is 13.2. The van der Waals surface area contributed by atoms with Crippen molar-refractivity contribution in [3.8, 4) is 5.69 Å². The number of hydrogen-bond donors (Lipinski definition) is 2. The fraction of sp³-hybridized carbons (Fsp3) is 0.333. The smallest absolute Gasteiger partial charge is 0.191 e. The monoisotopic (exact) mass is 305 g/mol. The van der Waals surface area contributed by atoms with E-state index < -0.39 is 0 Å². The number of guanidine groups is 1. The quantitative estimate of drug-likeness (QED) is 0.674.